The minimum Gasteiger partial charge on any atom is -0.322 e. The number of para-hydroxylation sites is 1. The minimum atomic E-state index is -0.398. The molecule has 5 rings (SSSR count). The van der Waals surface area contributed by atoms with Gasteiger partial charge in [-0.25, -0.2) is 4.98 Å². The van der Waals surface area contributed by atoms with Gasteiger partial charge in [-0.15, -0.1) is 0 Å². The molecule has 1 saturated carbocycles. The Bertz CT molecular complexity index is 1350. The van der Waals surface area contributed by atoms with E-state index in [2.05, 4.69) is 16.9 Å². The van der Waals surface area contributed by atoms with E-state index in [1.807, 2.05) is 66.3 Å². The van der Waals surface area contributed by atoms with Gasteiger partial charge in [0, 0.05) is 11.8 Å². The molecule has 6 nitrogen and oxygen atoms in total. The van der Waals surface area contributed by atoms with Crippen molar-refractivity contribution in [2.24, 2.45) is 5.73 Å². The quantitative estimate of drug-likeness (QED) is 0.540. The van der Waals surface area contributed by atoms with Gasteiger partial charge >= 0.3 is 0 Å². The number of aromatic nitrogens is 4. The van der Waals surface area contributed by atoms with Gasteiger partial charge in [-0.1, -0.05) is 36.1 Å². The van der Waals surface area contributed by atoms with Crippen LogP contribution in [-0.4, -0.2) is 19.3 Å². The molecule has 2 N–H and O–H groups in total. The zero-order chi connectivity index (χ0) is 20.7. The van der Waals surface area contributed by atoms with E-state index in [-0.39, 0.29) is 5.56 Å². The number of hydrogen-bond acceptors (Lipinski definition) is 4. The molecule has 0 radical (unpaired) electrons. The smallest absolute Gasteiger partial charge is 0.267 e. The summed E-state index contributed by atoms with van der Waals surface area (Å²) in [6, 6.07) is 15.1. The maximum atomic E-state index is 13.6. The lowest BCUT2D eigenvalue weighted by molar-refractivity contribution is 0.641. The van der Waals surface area contributed by atoms with Crippen molar-refractivity contribution in [2.75, 3.05) is 0 Å². The molecule has 2 aromatic carbocycles. The Morgan fingerprint density at radius 3 is 2.63 bits per heavy atom. The second-order valence-corrected chi connectivity index (χ2v) is 7.62. The molecule has 0 unspecified atom stereocenters. The molecule has 1 fully saturated rings. The first-order valence-corrected chi connectivity index (χ1v) is 10.0. The molecular formula is C24H21N5O. The molecule has 0 aliphatic heterocycles. The zero-order valence-electron chi connectivity index (χ0n) is 16.6. The molecule has 2 heterocycles. The van der Waals surface area contributed by atoms with Gasteiger partial charge in [0.05, 0.1) is 40.4 Å². The Balaban J connectivity index is 1.69. The second-order valence-electron chi connectivity index (χ2n) is 7.62. The van der Waals surface area contributed by atoms with Crippen molar-refractivity contribution in [1.82, 2.24) is 19.3 Å². The second kappa shape index (κ2) is 7.29. The third kappa shape index (κ3) is 3.30. The Kier molecular flexibility index (Phi) is 4.46. The molecule has 148 valence electrons. The Morgan fingerprint density at radius 1 is 1.10 bits per heavy atom. The largest absolute Gasteiger partial charge is 0.322 e. The summed E-state index contributed by atoms with van der Waals surface area (Å²) < 4.78 is 3.55. The fourth-order valence-corrected chi connectivity index (χ4v) is 3.56. The topological polar surface area (TPSA) is 78.7 Å². The minimum absolute atomic E-state index is 0.169. The van der Waals surface area contributed by atoms with Crippen LogP contribution < -0.4 is 11.3 Å². The summed E-state index contributed by atoms with van der Waals surface area (Å²) in [5, 5.41) is 4.87. The summed E-state index contributed by atoms with van der Waals surface area (Å²) in [4.78, 5) is 18.3. The summed E-state index contributed by atoms with van der Waals surface area (Å²) in [7, 11) is 0. The van der Waals surface area contributed by atoms with E-state index in [0.29, 0.717) is 28.3 Å². The Labute approximate surface area is 174 Å². The molecule has 6 heteroatoms. The summed E-state index contributed by atoms with van der Waals surface area (Å²) in [5.41, 5.74) is 8.80. The van der Waals surface area contributed by atoms with Crippen molar-refractivity contribution in [2.45, 2.75) is 31.8 Å². The Morgan fingerprint density at radius 2 is 1.90 bits per heavy atom. The SMILES string of the molecule is C[C@H](N)c1nc2cccc(C#Cc3cnn(C4CC4)c3)c2c(=O)n1-c1ccccc1. The van der Waals surface area contributed by atoms with E-state index in [1.165, 1.54) is 12.8 Å². The molecule has 2 aromatic heterocycles. The molecule has 1 aliphatic rings. The highest BCUT2D eigenvalue weighted by Crippen LogP contribution is 2.33. The molecule has 30 heavy (non-hydrogen) atoms. The standard InChI is InChI=1S/C24H21N5O/c1-16(25)23-27-21-9-5-6-18(11-10-17-14-26-28(15-17)19-12-13-19)22(21)24(30)29(23)20-7-3-2-4-8-20/h2-9,14-16,19H,12-13,25H2,1H3/t16-/m0/s1. The highest BCUT2D eigenvalue weighted by atomic mass is 16.1. The normalized spacial score (nSPS) is 14.3. The number of benzene rings is 2. The van der Waals surface area contributed by atoms with Gasteiger partial charge in [-0.05, 0) is 44.0 Å². The first-order valence-electron chi connectivity index (χ1n) is 10.0. The summed E-state index contributed by atoms with van der Waals surface area (Å²) in [6.45, 7) is 1.83. The van der Waals surface area contributed by atoms with Crippen molar-refractivity contribution in [3.63, 3.8) is 0 Å². The van der Waals surface area contributed by atoms with Crippen molar-refractivity contribution in [1.29, 1.82) is 0 Å². The van der Waals surface area contributed by atoms with Gasteiger partial charge < -0.3 is 5.73 Å². The summed E-state index contributed by atoms with van der Waals surface area (Å²) in [5.74, 6) is 6.83. The lowest BCUT2D eigenvalue weighted by Gasteiger charge is -2.16. The molecule has 0 saturated heterocycles. The van der Waals surface area contributed by atoms with E-state index in [1.54, 1.807) is 10.8 Å². The van der Waals surface area contributed by atoms with Crippen LogP contribution in [0.1, 0.15) is 48.8 Å². The van der Waals surface area contributed by atoms with Crippen LogP contribution in [-0.2, 0) is 0 Å². The monoisotopic (exact) mass is 395 g/mol. The first-order chi connectivity index (χ1) is 14.6. The van der Waals surface area contributed by atoms with E-state index in [0.717, 1.165) is 11.3 Å². The highest BCUT2D eigenvalue weighted by Gasteiger charge is 2.24. The van der Waals surface area contributed by atoms with Crippen LogP contribution in [0.5, 0.6) is 0 Å². The third-order valence-corrected chi connectivity index (χ3v) is 5.21. The summed E-state index contributed by atoms with van der Waals surface area (Å²) >= 11 is 0. The van der Waals surface area contributed by atoms with Crippen LogP contribution >= 0.6 is 0 Å². The van der Waals surface area contributed by atoms with Crippen LogP contribution in [0, 0.1) is 11.8 Å². The van der Waals surface area contributed by atoms with E-state index >= 15 is 0 Å². The highest BCUT2D eigenvalue weighted by molar-refractivity contribution is 5.85. The fraction of sp³-hybridized carbons (Fsp3) is 0.208. The maximum Gasteiger partial charge on any atom is 0.267 e. The number of fused-ring (bicyclic) bond motifs is 1. The molecule has 0 spiro atoms. The average Bonchev–Trinajstić information content (AvgIpc) is 3.50. The van der Waals surface area contributed by atoms with Gasteiger partial charge in [-0.2, -0.15) is 5.10 Å². The van der Waals surface area contributed by atoms with E-state index < -0.39 is 6.04 Å². The predicted octanol–water partition coefficient (Wildman–Crippen LogP) is 3.34. The predicted molar refractivity (Wildman–Crippen MR) is 116 cm³/mol. The van der Waals surface area contributed by atoms with Crippen LogP contribution in [0.15, 0.2) is 65.7 Å². The van der Waals surface area contributed by atoms with Gasteiger partial charge in [0.2, 0.25) is 0 Å². The van der Waals surface area contributed by atoms with Gasteiger partial charge in [0.25, 0.3) is 5.56 Å². The van der Waals surface area contributed by atoms with Gasteiger partial charge in [-0.3, -0.25) is 14.0 Å². The van der Waals surface area contributed by atoms with Crippen LogP contribution in [0.2, 0.25) is 0 Å². The molecule has 1 atom stereocenters. The van der Waals surface area contributed by atoms with Crippen LogP contribution in [0.25, 0.3) is 16.6 Å². The summed E-state index contributed by atoms with van der Waals surface area (Å²) in [6.07, 6.45) is 6.07. The lowest BCUT2D eigenvalue weighted by Crippen LogP contribution is -2.27. The third-order valence-electron chi connectivity index (χ3n) is 5.21. The molecule has 0 bridgehead atoms. The van der Waals surface area contributed by atoms with Crippen LogP contribution in [0.3, 0.4) is 0 Å². The molecular weight excluding hydrogens is 374 g/mol. The average molecular weight is 395 g/mol. The molecule has 1 aliphatic carbocycles. The number of rotatable bonds is 3. The van der Waals surface area contributed by atoms with E-state index in [9.17, 15) is 4.79 Å². The molecule has 4 aromatic rings. The maximum absolute atomic E-state index is 13.6. The first kappa shape index (κ1) is 18.3. The zero-order valence-corrected chi connectivity index (χ0v) is 16.6. The number of nitrogens with zero attached hydrogens (tertiary/aromatic N) is 4. The van der Waals surface area contributed by atoms with Crippen molar-refractivity contribution < 1.29 is 0 Å². The lowest BCUT2D eigenvalue weighted by atomic mass is 10.1. The number of nitrogens with two attached hydrogens (primary N) is 1. The fourth-order valence-electron chi connectivity index (χ4n) is 3.56. The van der Waals surface area contributed by atoms with Crippen LogP contribution in [0.4, 0.5) is 0 Å². The number of hydrogen-bond donors (Lipinski definition) is 1. The van der Waals surface area contributed by atoms with Gasteiger partial charge in [0.15, 0.2) is 0 Å². The van der Waals surface area contributed by atoms with Crippen molar-refractivity contribution >= 4 is 10.9 Å². The Hall–Kier alpha value is -3.69. The van der Waals surface area contributed by atoms with Crippen molar-refractivity contribution in [3.05, 3.63) is 88.2 Å². The van der Waals surface area contributed by atoms with Crippen molar-refractivity contribution in [3.8, 4) is 17.5 Å². The van der Waals surface area contributed by atoms with E-state index in [4.69, 9.17) is 10.7 Å². The molecule has 0 amide bonds. The van der Waals surface area contributed by atoms with Gasteiger partial charge in [0.1, 0.15) is 5.82 Å².